The number of carbonyl (C=O) groups is 2. The van der Waals surface area contributed by atoms with Gasteiger partial charge in [0.2, 0.25) is 0 Å². The summed E-state index contributed by atoms with van der Waals surface area (Å²) in [7, 11) is 0. The quantitative estimate of drug-likeness (QED) is 0.646. The lowest BCUT2D eigenvalue weighted by molar-refractivity contribution is -0.0861. The molecule has 174 valence electrons. The van der Waals surface area contributed by atoms with Gasteiger partial charge in [0.05, 0.1) is 17.2 Å². The molecule has 1 amide bonds. The standard InChI is InChI=1S/C22H26F2N2O5S/c1-13-11-25-18(32-13)17-15(19(27)28)6-5-7-16(17)30-12-14-10-22(23,24)8-9-26(14)20(29)31-21(2,3)4/h5-7,11,14H,8-10,12H2,1-4H3,(H,27,28). The molecule has 0 bridgehead atoms. The van der Waals surface area contributed by atoms with E-state index >= 15 is 0 Å². The van der Waals surface area contributed by atoms with Crippen molar-refractivity contribution in [2.75, 3.05) is 13.2 Å². The first kappa shape index (κ1) is 23.9. The van der Waals surface area contributed by atoms with E-state index in [1.807, 2.05) is 6.92 Å². The first-order valence-electron chi connectivity index (χ1n) is 10.2. The predicted octanol–water partition coefficient (Wildman–Crippen LogP) is 5.23. The van der Waals surface area contributed by atoms with E-state index in [9.17, 15) is 23.5 Å². The van der Waals surface area contributed by atoms with Crippen LogP contribution in [0.4, 0.5) is 13.6 Å². The van der Waals surface area contributed by atoms with Crippen LogP contribution in [-0.2, 0) is 4.74 Å². The molecule has 32 heavy (non-hydrogen) atoms. The van der Waals surface area contributed by atoms with Crippen LogP contribution in [0.5, 0.6) is 5.75 Å². The van der Waals surface area contributed by atoms with E-state index in [0.29, 0.717) is 5.01 Å². The van der Waals surface area contributed by atoms with Crippen molar-refractivity contribution in [1.82, 2.24) is 9.88 Å². The summed E-state index contributed by atoms with van der Waals surface area (Å²) in [5.74, 6) is -3.89. The number of piperidine rings is 1. The molecule has 0 saturated carbocycles. The number of carbonyl (C=O) groups excluding carboxylic acids is 1. The number of hydrogen-bond donors (Lipinski definition) is 1. The van der Waals surface area contributed by atoms with Crippen molar-refractivity contribution in [2.24, 2.45) is 0 Å². The average Bonchev–Trinajstić information content (AvgIpc) is 3.09. The monoisotopic (exact) mass is 468 g/mol. The molecule has 2 aromatic rings. The largest absolute Gasteiger partial charge is 0.491 e. The van der Waals surface area contributed by atoms with Gasteiger partial charge in [-0.25, -0.2) is 23.4 Å². The number of alkyl halides is 2. The molecule has 1 N–H and O–H groups in total. The summed E-state index contributed by atoms with van der Waals surface area (Å²) in [6.45, 7) is 6.55. The fourth-order valence-corrected chi connectivity index (χ4v) is 4.27. The van der Waals surface area contributed by atoms with Crippen LogP contribution in [0.2, 0.25) is 0 Å². The minimum Gasteiger partial charge on any atom is -0.491 e. The van der Waals surface area contributed by atoms with Crippen LogP contribution in [0.25, 0.3) is 10.6 Å². The van der Waals surface area contributed by atoms with Gasteiger partial charge in [-0.3, -0.25) is 0 Å². The Kier molecular flexibility index (Phi) is 6.73. The van der Waals surface area contributed by atoms with Gasteiger partial charge in [0.15, 0.2) is 0 Å². The van der Waals surface area contributed by atoms with E-state index in [-0.39, 0.29) is 30.0 Å². The Morgan fingerprint density at radius 1 is 1.34 bits per heavy atom. The molecule has 1 atom stereocenters. The maximum absolute atomic E-state index is 14.2. The molecule has 1 saturated heterocycles. The lowest BCUT2D eigenvalue weighted by atomic mass is 9.99. The van der Waals surface area contributed by atoms with Crippen LogP contribution < -0.4 is 4.74 Å². The number of amides is 1. The molecule has 1 aromatic heterocycles. The van der Waals surface area contributed by atoms with Crippen LogP contribution in [0.3, 0.4) is 0 Å². The number of thiazole rings is 1. The number of halogens is 2. The van der Waals surface area contributed by atoms with Gasteiger partial charge in [-0.05, 0) is 39.8 Å². The summed E-state index contributed by atoms with van der Waals surface area (Å²) in [6.07, 6.45) is -0.0946. The number of carboxylic acid groups (broad SMARTS) is 1. The van der Waals surface area contributed by atoms with Crippen molar-refractivity contribution in [2.45, 2.75) is 58.1 Å². The summed E-state index contributed by atoms with van der Waals surface area (Å²) in [4.78, 5) is 30.8. The fraction of sp³-hybridized carbons (Fsp3) is 0.500. The number of carboxylic acids is 1. The molecule has 1 aliphatic heterocycles. The predicted molar refractivity (Wildman–Crippen MR) is 116 cm³/mol. The molecule has 3 rings (SSSR count). The fourth-order valence-electron chi connectivity index (χ4n) is 3.44. The number of aryl methyl sites for hydroxylation is 1. The van der Waals surface area contributed by atoms with Gasteiger partial charge >= 0.3 is 12.1 Å². The first-order valence-corrected chi connectivity index (χ1v) is 11.0. The number of aromatic nitrogens is 1. The summed E-state index contributed by atoms with van der Waals surface area (Å²) in [6, 6.07) is 3.58. The molecule has 0 spiro atoms. The molecular weight excluding hydrogens is 442 g/mol. The summed E-state index contributed by atoms with van der Waals surface area (Å²) >= 11 is 1.30. The molecule has 1 aliphatic rings. The van der Waals surface area contributed by atoms with Crippen molar-refractivity contribution >= 4 is 23.4 Å². The second-order valence-electron chi connectivity index (χ2n) is 8.71. The van der Waals surface area contributed by atoms with Crippen LogP contribution in [-0.4, -0.2) is 57.8 Å². The Hall–Kier alpha value is -2.75. The third-order valence-corrected chi connectivity index (χ3v) is 5.77. The highest BCUT2D eigenvalue weighted by atomic mass is 32.1. The van der Waals surface area contributed by atoms with Crippen LogP contribution in [0, 0.1) is 6.92 Å². The minimum absolute atomic E-state index is 0.00479. The normalized spacial score (nSPS) is 18.3. The summed E-state index contributed by atoms with van der Waals surface area (Å²) in [5, 5.41) is 10.1. The number of aromatic carboxylic acids is 1. The highest BCUT2D eigenvalue weighted by molar-refractivity contribution is 7.15. The van der Waals surface area contributed by atoms with Crippen molar-refractivity contribution in [1.29, 1.82) is 0 Å². The number of rotatable bonds is 5. The zero-order chi connectivity index (χ0) is 23.7. The van der Waals surface area contributed by atoms with E-state index < -0.39 is 42.5 Å². The van der Waals surface area contributed by atoms with Crippen LogP contribution in [0.1, 0.15) is 48.8 Å². The van der Waals surface area contributed by atoms with Gasteiger partial charge in [-0.1, -0.05) is 6.07 Å². The lowest BCUT2D eigenvalue weighted by Crippen LogP contribution is -2.53. The molecule has 1 unspecified atom stereocenters. The van der Waals surface area contributed by atoms with Crippen molar-refractivity contribution in [3.8, 4) is 16.3 Å². The van der Waals surface area contributed by atoms with Gasteiger partial charge < -0.3 is 19.5 Å². The Morgan fingerprint density at radius 2 is 2.06 bits per heavy atom. The van der Waals surface area contributed by atoms with Crippen LogP contribution in [0.15, 0.2) is 24.4 Å². The summed E-state index contributed by atoms with van der Waals surface area (Å²) in [5.41, 5.74) is -0.493. The van der Waals surface area contributed by atoms with Gasteiger partial charge in [0, 0.05) is 30.5 Å². The maximum Gasteiger partial charge on any atom is 0.410 e. The van der Waals surface area contributed by atoms with Gasteiger partial charge in [-0.2, -0.15) is 0 Å². The van der Waals surface area contributed by atoms with Crippen molar-refractivity contribution < 1.29 is 33.0 Å². The third-order valence-electron chi connectivity index (χ3n) is 4.84. The maximum atomic E-state index is 14.2. The molecule has 0 radical (unpaired) electrons. The van der Waals surface area contributed by atoms with Gasteiger partial charge in [-0.15, -0.1) is 11.3 Å². The highest BCUT2D eigenvalue weighted by Gasteiger charge is 2.43. The third kappa shape index (κ3) is 5.73. The molecule has 2 heterocycles. The zero-order valence-electron chi connectivity index (χ0n) is 18.4. The molecule has 10 heteroatoms. The van der Waals surface area contributed by atoms with E-state index in [4.69, 9.17) is 9.47 Å². The number of likely N-dealkylation sites (tertiary alicyclic amines) is 1. The zero-order valence-corrected chi connectivity index (χ0v) is 19.2. The number of benzene rings is 1. The Balaban J connectivity index is 1.88. The SMILES string of the molecule is Cc1cnc(-c2c(OCC3CC(F)(F)CCN3C(=O)OC(C)(C)C)cccc2C(=O)O)s1. The van der Waals surface area contributed by atoms with E-state index in [1.165, 1.54) is 28.4 Å². The van der Waals surface area contributed by atoms with Crippen LogP contribution >= 0.6 is 11.3 Å². The van der Waals surface area contributed by atoms with E-state index in [2.05, 4.69) is 4.98 Å². The van der Waals surface area contributed by atoms with E-state index in [1.54, 1.807) is 33.0 Å². The second kappa shape index (κ2) is 9.01. The molecule has 0 aliphatic carbocycles. The number of nitrogens with zero attached hydrogens (tertiary/aromatic N) is 2. The highest BCUT2D eigenvalue weighted by Crippen LogP contribution is 2.37. The van der Waals surface area contributed by atoms with Gasteiger partial charge in [0.25, 0.3) is 5.92 Å². The van der Waals surface area contributed by atoms with Crippen molar-refractivity contribution in [3.63, 3.8) is 0 Å². The topological polar surface area (TPSA) is 89.0 Å². The lowest BCUT2D eigenvalue weighted by Gasteiger charge is -2.39. The molecule has 1 fully saturated rings. The van der Waals surface area contributed by atoms with Gasteiger partial charge in [0.1, 0.15) is 23.0 Å². The average molecular weight is 469 g/mol. The molecule has 7 nitrogen and oxygen atoms in total. The summed E-state index contributed by atoms with van der Waals surface area (Å²) < 4.78 is 39.5. The molecular formula is C22H26F2N2O5S. The second-order valence-corrected chi connectivity index (χ2v) is 9.94. The smallest absolute Gasteiger partial charge is 0.410 e. The first-order chi connectivity index (χ1) is 14.9. The van der Waals surface area contributed by atoms with Crippen molar-refractivity contribution in [3.05, 3.63) is 34.8 Å². The Morgan fingerprint density at radius 3 is 2.66 bits per heavy atom. The number of ether oxygens (including phenoxy) is 2. The Bertz CT molecular complexity index is 1000. The minimum atomic E-state index is -2.94. The number of hydrogen-bond acceptors (Lipinski definition) is 6. The molecule has 1 aromatic carbocycles. The van der Waals surface area contributed by atoms with E-state index in [0.717, 1.165) is 4.88 Å². The Labute approximate surface area is 189 Å².